The number of anilines is 1. The number of rotatable bonds is 7. The van der Waals surface area contributed by atoms with Gasteiger partial charge < -0.3 is 4.74 Å². The standard InChI is InChI=1S/C16H17N5O4S2/c1-3-4-5-25-15(24)10-7-26-13-12(10)14(23)21(8-17-13)6-11(22)18-16-20-19-9(2)27-16/h7-8H,3-6H2,1-2H3,(H,18,20,22). The Morgan fingerprint density at radius 1 is 1.33 bits per heavy atom. The first kappa shape index (κ1) is 19.1. The van der Waals surface area contributed by atoms with Gasteiger partial charge in [-0.25, -0.2) is 9.78 Å². The number of nitrogens with one attached hydrogen (secondary N) is 1. The van der Waals surface area contributed by atoms with Crippen LogP contribution in [0.3, 0.4) is 0 Å². The maximum Gasteiger partial charge on any atom is 0.339 e. The van der Waals surface area contributed by atoms with Crippen LogP contribution in [0.5, 0.6) is 0 Å². The van der Waals surface area contributed by atoms with Crippen molar-refractivity contribution in [2.75, 3.05) is 11.9 Å². The molecule has 9 nitrogen and oxygen atoms in total. The number of carbonyl (C=O) groups is 2. The fraction of sp³-hybridized carbons (Fsp3) is 0.375. The Hall–Kier alpha value is -2.66. The third-order valence-corrected chi connectivity index (χ3v) is 5.24. The first-order valence-electron chi connectivity index (χ1n) is 8.23. The zero-order valence-corrected chi connectivity index (χ0v) is 16.4. The monoisotopic (exact) mass is 407 g/mol. The molecule has 0 saturated carbocycles. The molecule has 0 saturated heterocycles. The highest BCUT2D eigenvalue weighted by molar-refractivity contribution is 7.17. The molecule has 0 aliphatic carbocycles. The van der Waals surface area contributed by atoms with Gasteiger partial charge in [0.05, 0.1) is 23.9 Å². The van der Waals surface area contributed by atoms with Gasteiger partial charge in [-0.2, -0.15) is 0 Å². The summed E-state index contributed by atoms with van der Waals surface area (Å²) in [5.41, 5.74) is -0.287. The zero-order valence-electron chi connectivity index (χ0n) is 14.7. The molecule has 0 bridgehead atoms. The van der Waals surface area contributed by atoms with Crippen LogP contribution in [0.15, 0.2) is 16.5 Å². The largest absolute Gasteiger partial charge is 0.462 e. The number of fused-ring (bicyclic) bond motifs is 1. The second-order valence-electron chi connectivity index (χ2n) is 5.67. The zero-order chi connectivity index (χ0) is 19.4. The Labute approximate surface area is 162 Å². The number of esters is 1. The molecule has 1 amide bonds. The highest BCUT2D eigenvalue weighted by Gasteiger charge is 2.19. The number of aromatic nitrogens is 4. The molecular weight excluding hydrogens is 390 g/mol. The van der Waals surface area contributed by atoms with Crippen LogP contribution in [0.4, 0.5) is 5.13 Å². The van der Waals surface area contributed by atoms with Gasteiger partial charge in [0.25, 0.3) is 5.56 Å². The third kappa shape index (κ3) is 4.37. The van der Waals surface area contributed by atoms with Crippen LogP contribution in [0.1, 0.15) is 35.1 Å². The second kappa shape index (κ2) is 8.35. The molecule has 0 aliphatic heterocycles. The lowest BCUT2D eigenvalue weighted by molar-refractivity contribution is -0.116. The summed E-state index contributed by atoms with van der Waals surface area (Å²) in [4.78, 5) is 41.8. The molecule has 0 aromatic carbocycles. The molecule has 0 fully saturated rings. The van der Waals surface area contributed by atoms with Crippen molar-refractivity contribution in [3.05, 3.63) is 32.6 Å². The molecule has 3 aromatic rings. The Balaban J connectivity index is 1.81. The van der Waals surface area contributed by atoms with Crippen LogP contribution in [0, 0.1) is 6.92 Å². The van der Waals surface area contributed by atoms with E-state index in [1.54, 1.807) is 12.3 Å². The molecule has 0 spiro atoms. The van der Waals surface area contributed by atoms with Gasteiger partial charge in [-0.15, -0.1) is 21.5 Å². The molecule has 0 radical (unpaired) electrons. The number of nitrogens with zero attached hydrogens (tertiary/aromatic N) is 4. The van der Waals surface area contributed by atoms with Gasteiger partial charge in [0.2, 0.25) is 11.0 Å². The van der Waals surface area contributed by atoms with Crippen LogP contribution in [-0.2, 0) is 16.1 Å². The normalized spacial score (nSPS) is 10.9. The molecular formula is C16H17N5O4S2. The second-order valence-corrected chi connectivity index (χ2v) is 7.71. The number of amides is 1. The highest BCUT2D eigenvalue weighted by Crippen LogP contribution is 2.21. The van der Waals surface area contributed by atoms with Gasteiger partial charge in [-0.1, -0.05) is 24.7 Å². The molecule has 0 aliphatic rings. The SMILES string of the molecule is CCCCOC(=O)c1csc2ncn(CC(=O)Nc3nnc(C)s3)c(=O)c12. The first-order valence-corrected chi connectivity index (χ1v) is 9.93. The third-order valence-electron chi connectivity index (χ3n) is 3.60. The molecule has 27 heavy (non-hydrogen) atoms. The van der Waals surface area contributed by atoms with Crippen LogP contribution in [-0.4, -0.2) is 38.2 Å². The Morgan fingerprint density at radius 2 is 2.15 bits per heavy atom. The average molecular weight is 407 g/mol. The lowest BCUT2D eigenvalue weighted by atomic mass is 10.2. The summed E-state index contributed by atoms with van der Waals surface area (Å²) in [7, 11) is 0. The number of hydrogen-bond donors (Lipinski definition) is 1. The molecule has 3 rings (SSSR count). The topological polar surface area (TPSA) is 116 Å². The van der Waals surface area contributed by atoms with Gasteiger partial charge >= 0.3 is 5.97 Å². The van der Waals surface area contributed by atoms with Crippen molar-refractivity contribution in [1.82, 2.24) is 19.7 Å². The van der Waals surface area contributed by atoms with E-state index in [-0.39, 0.29) is 17.5 Å². The maximum absolute atomic E-state index is 12.8. The Kier molecular flexibility index (Phi) is 5.91. The number of ether oxygens (including phenoxy) is 1. The summed E-state index contributed by atoms with van der Waals surface area (Å²) in [6.45, 7) is 3.81. The molecule has 142 valence electrons. The minimum absolute atomic E-state index is 0.170. The summed E-state index contributed by atoms with van der Waals surface area (Å²) in [5, 5.41) is 13.0. The van der Waals surface area contributed by atoms with Crippen LogP contribution >= 0.6 is 22.7 Å². The van der Waals surface area contributed by atoms with Gasteiger partial charge in [-0.3, -0.25) is 19.5 Å². The van der Waals surface area contributed by atoms with E-state index < -0.39 is 17.4 Å². The highest BCUT2D eigenvalue weighted by atomic mass is 32.1. The van der Waals surface area contributed by atoms with E-state index in [1.165, 1.54) is 29.0 Å². The van der Waals surface area contributed by atoms with Crippen LogP contribution in [0.25, 0.3) is 10.2 Å². The van der Waals surface area contributed by atoms with Crippen LogP contribution < -0.4 is 10.9 Å². The Morgan fingerprint density at radius 3 is 2.85 bits per heavy atom. The minimum atomic E-state index is -0.555. The number of aryl methyl sites for hydroxylation is 1. The van der Waals surface area contributed by atoms with Crippen molar-refractivity contribution < 1.29 is 14.3 Å². The smallest absolute Gasteiger partial charge is 0.339 e. The molecule has 1 N–H and O–H groups in total. The van der Waals surface area contributed by atoms with Crippen molar-refractivity contribution in [2.24, 2.45) is 0 Å². The quantitative estimate of drug-likeness (QED) is 0.471. The number of carbonyl (C=O) groups excluding carboxylic acids is 2. The van der Waals surface area contributed by atoms with E-state index in [4.69, 9.17) is 4.74 Å². The van der Waals surface area contributed by atoms with Gasteiger partial charge in [-0.05, 0) is 13.3 Å². The number of hydrogen-bond acceptors (Lipinski definition) is 9. The molecule has 11 heteroatoms. The van der Waals surface area contributed by atoms with E-state index in [1.807, 2.05) is 6.92 Å². The molecule has 3 heterocycles. The van der Waals surface area contributed by atoms with Crippen molar-refractivity contribution >= 4 is 49.9 Å². The fourth-order valence-corrected chi connectivity index (χ4v) is 3.75. The van der Waals surface area contributed by atoms with Crippen molar-refractivity contribution in [2.45, 2.75) is 33.2 Å². The van der Waals surface area contributed by atoms with Crippen molar-refractivity contribution in [1.29, 1.82) is 0 Å². The average Bonchev–Trinajstić information content (AvgIpc) is 3.24. The van der Waals surface area contributed by atoms with E-state index in [2.05, 4.69) is 20.5 Å². The predicted octanol–water partition coefficient (Wildman–Crippen LogP) is 2.21. The summed E-state index contributed by atoms with van der Waals surface area (Å²) < 4.78 is 6.34. The summed E-state index contributed by atoms with van der Waals surface area (Å²) in [5.74, 6) is -0.989. The van der Waals surface area contributed by atoms with Crippen LogP contribution in [0.2, 0.25) is 0 Å². The maximum atomic E-state index is 12.8. The summed E-state index contributed by atoms with van der Waals surface area (Å²) in [6, 6.07) is 0. The molecule has 0 unspecified atom stereocenters. The lowest BCUT2D eigenvalue weighted by Gasteiger charge is -2.06. The molecule has 0 atom stereocenters. The summed E-state index contributed by atoms with van der Waals surface area (Å²) in [6.07, 6.45) is 2.94. The molecule has 3 aromatic heterocycles. The summed E-state index contributed by atoms with van der Waals surface area (Å²) >= 11 is 2.42. The van der Waals surface area contributed by atoms with Crippen molar-refractivity contribution in [3.63, 3.8) is 0 Å². The fourth-order valence-electron chi connectivity index (χ4n) is 2.28. The minimum Gasteiger partial charge on any atom is -0.462 e. The van der Waals surface area contributed by atoms with Gasteiger partial charge in [0.1, 0.15) is 16.4 Å². The van der Waals surface area contributed by atoms with E-state index in [0.29, 0.717) is 16.6 Å². The first-order chi connectivity index (χ1) is 13.0. The predicted molar refractivity (Wildman–Crippen MR) is 102 cm³/mol. The van der Waals surface area contributed by atoms with E-state index in [9.17, 15) is 14.4 Å². The number of unbranched alkanes of at least 4 members (excludes halogenated alkanes) is 1. The van der Waals surface area contributed by atoms with Crippen molar-refractivity contribution in [3.8, 4) is 0 Å². The number of thiophene rings is 1. The van der Waals surface area contributed by atoms with E-state index in [0.717, 1.165) is 22.4 Å². The Bertz CT molecular complexity index is 1040. The van der Waals surface area contributed by atoms with Gasteiger partial charge in [0, 0.05) is 5.38 Å². The van der Waals surface area contributed by atoms with Gasteiger partial charge in [0.15, 0.2) is 0 Å². The van der Waals surface area contributed by atoms with E-state index >= 15 is 0 Å². The lowest BCUT2D eigenvalue weighted by Crippen LogP contribution is -2.28.